The van der Waals surface area contributed by atoms with Crippen molar-refractivity contribution < 1.29 is 22.3 Å². The molecule has 0 bridgehead atoms. The number of hydrogen-bond donors (Lipinski definition) is 1. The van der Waals surface area contributed by atoms with Crippen LogP contribution in [-0.4, -0.2) is 21.0 Å². The maximum absolute atomic E-state index is 13.5. The molecule has 0 saturated heterocycles. The van der Waals surface area contributed by atoms with Gasteiger partial charge in [-0.15, -0.1) is 0 Å². The number of esters is 1. The topological polar surface area (TPSA) is 86.5 Å². The highest BCUT2D eigenvalue weighted by Crippen LogP contribution is 2.24. The van der Waals surface area contributed by atoms with Gasteiger partial charge in [0.2, 0.25) is 10.0 Å². The zero-order valence-electron chi connectivity index (χ0n) is 11.7. The zero-order valence-corrected chi connectivity index (χ0v) is 13.3. The van der Waals surface area contributed by atoms with Gasteiger partial charge >= 0.3 is 5.97 Å². The fourth-order valence-corrected chi connectivity index (χ4v) is 2.62. The van der Waals surface area contributed by atoms with Crippen LogP contribution >= 0.6 is 11.6 Å². The van der Waals surface area contributed by atoms with Crippen LogP contribution in [0.4, 0.5) is 4.39 Å². The number of benzene rings is 1. The van der Waals surface area contributed by atoms with Crippen molar-refractivity contribution in [3.63, 3.8) is 0 Å². The number of nitrogens with two attached hydrogens (primary N) is 1. The molecular formula is C13H17ClFNO4S. The van der Waals surface area contributed by atoms with Crippen molar-refractivity contribution in [1.29, 1.82) is 0 Å². The van der Waals surface area contributed by atoms with Gasteiger partial charge in [-0.25, -0.2) is 22.7 Å². The van der Waals surface area contributed by atoms with Gasteiger partial charge in [-0.3, -0.25) is 0 Å². The van der Waals surface area contributed by atoms with Crippen LogP contribution in [0.2, 0.25) is 5.02 Å². The molecule has 0 aliphatic heterocycles. The van der Waals surface area contributed by atoms with Crippen LogP contribution in [0.25, 0.3) is 0 Å². The number of sulfonamides is 1. The van der Waals surface area contributed by atoms with Gasteiger partial charge in [-0.05, 0) is 24.5 Å². The Balaban J connectivity index is 3.00. The highest BCUT2D eigenvalue weighted by Gasteiger charge is 2.22. The fraction of sp³-hybridized carbons (Fsp3) is 0.462. The molecule has 1 unspecified atom stereocenters. The summed E-state index contributed by atoms with van der Waals surface area (Å²) in [6.07, 6.45) is 1.83. The molecule has 0 amide bonds. The summed E-state index contributed by atoms with van der Waals surface area (Å²) < 4.78 is 41.0. The van der Waals surface area contributed by atoms with Crippen molar-refractivity contribution in [1.82, 2.24) is 0 Å². The van der Waals surface area contributed by atoms with E-state index in [0.717, 1.165) is 25.0 Å². The lowest BCUT2D eigenvalue weighted by Gasteiger charge is -2.12. The van der Waals surface area contributed by atoms with Crippen LogP contribution in [0.5, 0.6) is 0 Å². The van der Waals surface area contributed by atoms with E-state index in [1.807, 2.05) is 13.8 Å². The minimum Gasteiger partial charge on any atom is -0.462 e. The Morgan fingerprint density at radius 2 is 2.10 bits per heavy atom. The normalized spacial score (nSPS) is 13.0. The molecule has 118 valence electrons. The quantitative estimate of drug-likeness (QED) is 0.808. The Morgan fingerprint density at radius 3 is 2.62 bits per heavy atom. The summed E-state index contributed by atoms with van der Waals surface area (Å²) in [6.45, 7) is 4.09. The van der Waals surface area contributed by atoms with Gasteiger partial charge in [0.1, 0.15) is 10.7 Å². The van der Waals surface area contributed by atoms with E-state index in [0.29, 0.717) is 0 Å². The second-order valence-corrected chi connectivity index (χ2v) is 6.74. The van der Waals surface area contributed by atoms with E-state index in [4.69, 9.17) is 21.5 Å². The number of halogens is 2. The molecule has 1 aromatic carbocycles. The van der Waals surface area contributed by atoms with E-state index in [1.165, 1.54) is 0 Å². The maximum atomic E-state index is 13.5. The van der Waals surface area contributed by atoms with Crippen LogP contribution < -0.4 is 5.14 Å². The number of rotatable bonds is 6. The molecule has 0 radical (unpaired) electrons. The molecule has 1 atom stereocenters. The number of primary sulfonamides is 1. The lowest BCUT2D eigenvalue weighted by Crippen LogP contribution is -2.17. The van der Waals surface area contributed by atoms with E-state index in [9.17, 15) is 17.6 Å². The summed E-state index contributed by atoms with van der Waals surface area (Å²) in [7, 11) is -4.29. The third-order valence-electron chi connectivity index (χ3n) is 2.83. The van der Waals surface area contributed by atoms with E-state index in [2.05, 4.69) is 0 Å². The molecule has 0 aliphatic rings. The molecule has 0 aromatic heterocycles. The van der Waals surface area contributed by atoms with Crippen LogP contribution in [0.1, 0.15) is 37.0 Å². The summed E-state index contributed by atoms with van der Waals surface area (Å²) in [5, 5.41) is 4.65. The van der Waals surface area contributed by atoms with Crippen molar-refractivity contribution in [3.05, 3.63) is 28.5 Å². The lowest BCUT2D eigenvalue weighted by molar-refractivity contribution is 0.0443. The molecule has 5 nitrogen and oxygen atoms in total. The Hall–Kier alpha value is -1.18. The van der Waals surface area contributed by atoms with Crippen LogP contribution in [0, 0.1) is 11.7 Å². The summed E-state index contributed by atoms with van der Waals surface area (Å²) in [4.78, 5) is 11.1. The monoisotopic (exact) mass is 337 g/mol. The van der Waals surface area contributed by atoms with Crippen LogP contribution in [0.15, 0.2) is 17.0 Å². The van der Waals surface area contributed by atoms with E-state index in [1.54, 1.807) is 0 Å². The van der Waals surface area contributed by atoms with Gasteiger partial charge in [0, 0.05) is 0 Å². The summed E-state index contributed by atoms with van der Waals surface area (Å²) in [6, 6.07) is 1.52. The van der Waals surface area contributed by atoms with Crippen LogP contribution in [0.3, 0.4) is 0 Å². The highest BCUT2D eigenvalue weighted by molar-refractivity contribution is 7.89. The minimum atomic E-state index is -4.29. The molecule has 0 saturated carbocycles. The second-order valence-electron chi connectivity index (χ2n) is 4.80. The molecule has 1 aromatic rings. The Kier molecular flexibility index (Phi) is 6.12. The summed E-state index contributed by atoms with van der Waals surface area (Å²) >= 11 is 5.75. The zero-order chi connectivity index (χ0) is 16.2. The van der Waals surface area contributed by atoms with Gasteiger partial charge in [-0.1, -0.05) is 31.9 Å². The Bertz CT molecular complexity index is 633. The smallest absolute Gasteiger partial charge is 0.339 e. The van der Waals surface area contributed by atoms with Gasteiger partial charge < -0.3 is 4.74 Å². The highest BCUT2D eigenvalue weighted by atomic mass is 35.5. The van der Waals surface area contributed by atoms with Gasteiger partial charge in [0.15, 0.2) is 0 Å². The molecule has 0 heterocycles. The molecule has 1 rings (SSSR count). The first-order valence-corrected chi connectivity index (χ1v) is 8.28. The van der Waals surface area contributed by atoms with Crippen molar-refractivity contribution in [2.75, 3.05) is 6.61 Å². The SMILES string of the molecule is CCCC(C)COC(=O)c1cc(S(N)(=O)=O)c(F)cc1Cl. The van der Waals surface area contributed by atoms with E-state index < -0.39 is 26.7 Å². The van der Waals surface area contributed by atoms with Crippen molar-refractivity contribution >= 4 is 27.6 Å². The molecule has 21 heavy (non-hydrogen) atoms. The molecule has 0 fully saturated rings. The van der Waals surface area contributed by atoms with Crippen molar-refractivity contribution in [3.8, 4) is 0 Å². The van der Waals surface area contributed by atoms with Crippen LogP contribution in [-0.2, 0) is 14.8 Å². The largest absolute Gasteiger partial charge is 0.462 e. The number of ether oxygens (including phenoxy) is 1. The lowest BCUT2D eigenvalue weighted by atomic mass is 10.1. The molecule has 0 aliphatic carbocycles. The predicted octanol–water partition coefficient (Wildman–Crippen LogP) is 2.72. The first kappa shape index (κ1) is 17.9. The number of carbonyl (C=O) groups excluding carboxylic acids is 1. The first-order valence-electron chi connectivity index (χ1n) is 6.35. The molecule has 8 heteroatoms. The third kappa shape index (κ3) is 4.94. The van der Waals surface area contributed by atoms with Crippen molar-refractivity contribution in [2.45, 2.75) is 31.6 Å². The first-order chi connectivity index (χ1) is 9.66. The second kappa shape index (κ2) is 7.20. The Labute approximate surface area is 128 Å². The van der Waals surface area contributed by atoms with Gasteiger partial charge in [0.25, 0.3) is 0 Å². The average Bonchev–Trinajstić information content (AvgIpc) is 2.34. The predicted molar refractivity (Wildman–Crippen MR) is 77.1 cm³/mol. The minimum absolute atomic E-state index is 0.163. The maximum Gasteiger partial charge on any atom is 0.339 e. The molecular weight excluding hydrogens is 321 g/mol. The van der Waals surface area contributed by atoms with Gasteiger partial charge in [0.05, 0.1) is 17.2 Å². The third-order valence-corrected chi connectivity index (χ3v) is 4.07. The standard InChI is InChI=1S/C13H17ClFNO4S/c1-3-4-8(2)7-20-13(17)9-5-12(21(16,18)19)11(15)6-10(9)14/h5-6,8H,3-4,7H2,1-2H3,(H2,16,18,19). The fourth-order valence-electron chi connectivity index (χ4n) is 1.78. The van der Waals surface area contributed by atoms with Crippen molar-refractivity contribution in [2.24, 2.45) is 11.1 Å². The number of carbonyl (C=O) groups is 1. The molecule has 0 spiro atoms. The van der Waals surface area contributed by atoms with E-state index in [-0.39, 0.29) is 23.1 Å². The van der Waals surface area contributed by atoms with E-state index >= 15 is 0 Å². The summed E-state index contributed by atoms with van der Waals surface area (Å²) in [5.41, 5.74) is -0.231. The average molecular weight is 338 g/mol. The molecule has 2 N–H and O–H groups in total. The summed E-state index contributed by atoms with van der Waals surface area (Å²) in [5.74, 6) is -1.76. The van der Waals surface area contributed by atoms with Gasteiger partial charge in [-0.2, -0.15) is 0 Å². The number of hydrogen-bond acceptors (Lipinski definition) is 4. The Morgan fingerprint density at radius 1 is 1.48 bits per heavy atom.